The molecular weight excluding hydrogens is 230 g/mol. The van der Waals surface area contributed by atoms with Crippen LogP contribution in [0, 0.1) is 6.92 Å². The minimum Gasteiger partial charge on any atom is -0.396 e. The summed E-state index contributed by atoms with van der Waals surface area (Å²) in [5, 5.41) is 9.18. The number of hydrogen-bond acceptors (Lipinski definition) is 3. The molecule has 0 aromatic heterocycles. The Kier molecular flexibility index (Phi) is 6.63. The second kappa shape index (κ2) is 7.75. The normalized spacial score (nSPS) is 14.6. The van der Waals surface area contributed by atoms with E-state index >= 15 is 0 Å². The standard InChI is InChI=1S/C14H23NOS/c1-3-13(15)14(17-9-5-8-16)12-7-4-6-11(2)10-12/h4,6-7,10,13-14,16H,3,5,8-9,15H2,1-2H3. The lowest BCUT2D eigenvalue weighted by atomic mass is 10.0. The van der Waals surface area contributed by atoms with Crippen molar-refractivity contribution in [3.8, 4) is 0 Å². The molecule has 0 aliphatic carbocycles. The maximum absolute atomic E-state index is 8.85. The maximum Gasteiger partial charge on any atom is 0.0448 e. The lowest BCUT2D eigenvalue weighted by Crippen LogP contribution is -2.26. The summed E-state index contributed by atoms with van der Waals surface area (Å²) in [6, 6.07) is 8.74. The van der Waals surface area contributed by atoms with Gasteiger partial charge in [0.2, 0.25) is 0 Å². The first-order chi connectivity index (χ1) is 8.19. The van der Waals surface area contributed by atoms with Crippen LogP contribution in [0.25, 0.3) is 0 Å². The van der Waals surface area contributed by atoms with Crippen LogP contribution >= 0.6 is 11.8 Å². The Balaban J connectivity index is 2.74. The molecule has 0 saturated heterocycles. The van der Waals surface area contributed by atoms with Crippen molar-refractivity contribution in [3.63, 3.8) is 0 Å². The Hall–Kier alpha value is -0.510. The van der Waals surface area contributed by atoms with E-state index in [1.807, 2.05) is 11.8 Å². The van der Waals surface area contributed by atoms with Crippen LogP contribution in [0.4, 0.5) is 0 Å². The summed E-state index contributed by atoms with van der Waals surface area (Å²) < 4.78 is 0. The lowest BCUT2D eigenvalue weighted by Gasteiger charge is -2.23. The van der Waals surface area contributed by atoms with Gasteiger partial charge in [0.05, 0.1) is 0 Å². The molecule has 1 aromatic rings. The number of rotatable bonds is 7. The van der Waals surface area contributed by atoms with Gasteiger partial charge in [-0.1, -0.05) is 36.8 Å². The third-order valence-electron chi connectivity index (χ3n) is 2.83. The molecule has 3 N–H and O–H groups in total. The monoisotopic (exact) mass is 253 g/mol. The van der Waals surface area contributed by atoms with E-state index in [9.17, 15) is 0 Å². The van der Waals surface area contributed by atoms with Crippen LogP contribution in [0.3, 0.4) is 0 Å². The van der Waals surface area contributed by atoms with Crippen molar-refractivity contribution in [2.24, 2.45) is 5.73 Å². The zero-order valence-corrected chi connectivity index (χ0v) is 11.5. The molecule has 0 saturated carbocycles. The smallest absolute Gasteiger partial charge is 0.0448 e. The van der Waals surface area contributed by atoms with Gasteiger partial charge in [-0.05, 0) is 31.1 Å². The van der Waals surface area contributed by atoms with E-state index in [1.54, 1.807) is 0 Å². The molecule has 1 rings (SSSR count). The summed E-state index contributed by atoms with van der Waals surface area (Å²) in [6.45, 7) is 4.49. The highest BCUT2D eigenvalue weighted by molar-refractivity contribution is 7.99. The highest BCUT2D eigenvalue weighted by Gasteiger charge is 2.18. The lowest BCUT2D eigenvalue weighted by molar-refractivity contribution is 0.296. The van der Waals surface area contributed by atoms with Gasteiger partial charge in [0.1, 0.15) is 0 Å². The van der Waals surface area contributed by atoms with E-state index in [-0.39, 0.29) is 12.6 Å². The predicted octanol–water partition coefficient (Wildman–Crippen LogP) is 2.89. The quantitative estimate of drug-likeness (QED) is 0.735. The first-order valence-corrected chi connectivity index (χ1v) is 7.28. The predicted molar refractivity (Wildman–Crippen MR) is 76.3 cm³/mol. The summed E-state index contributed by atoms with van der Waals surface area (Å²) in [7, 11) is 0. The van der Waals surface area contributed by atoms with Gasteiger partial charge < -0.3 is 10.8 Å². The first kappa shape index (κ1) is 14.6. The van der Waals surface area contributed by atoms with Crippen LogP contribution in [-0.2, 0) is 0 Å². The molecule has 96 valence electrons. The third kappa shape index (κ3) is 4.70. The maximum atomic E-state index is 8.85. The Labute approximate surface area is 109 Å². The Bertz CT molecular complexity index is 330. The number of nitrogens with two attached hydrogens (primary N) is 1. The molecule has 0 amide bonds. The Morgan fingerprint density at radius 3 is 2.76 bits per heavy atom. The van der Waals surface area contributed by atoms with Crippen molar-refractivity contribution in [1.29, 1.82) is 0 Å². The van der Waals surface area contributed by atoms with Gasteiger partial charge in [-0.15, -0.1) is 0 Å². The fraction of sp³-hybridized carbons (Fsp3) is 0.571. The molecule has 0 radical (unpaired) electrons. The number of aliphatic hydroxyl groups is 1. The van der Waals surface area contributed by atoms with Crippen molar-refractivity contribution in [2.45, 2.75) is 38.0 Å². The van der Waals surface area contributed by atoms with Gasteiger partial charge in [-0.25, -0.2) is 0 Å². The third-order valence-corrected chi connectivity index (χ3v) is 4.34. The second-order valence-electron chi connectivity index (χ2n) is 4.35. The summed E-state index contributed by atoms with van der Waals surface area (Å²) >= 11 is 1.86. The number of aryl methyl sites for hydroxylation is 1. The minimum atomic E-state index is 0.181. The highest BCUT2D eigenvalue weighted by Crippen LogP contribution is 2.33. The van der Waals surface area contributed by atoms with Gasteiger partial charge >= 0.3 is 0 Å². The van der Waals surface area contributed by atoms with Gasteiger partial charge in [-0.2, -0.15) is 11.8 Å². The molecule has 0 spiro atoms. The second-order valence-corrected chi connectivity index (χ2v) is 5.60. The summed E-state index contributed by atoms with van der Waals surface area (Å²) in [5.74, 6) is 0.961. The molecule has 0 heterocycles. The van der Waals surface area contributed by atoms with E-state index in [4.69, 9.17) is 10.8 Å². The molecular formula is C14H23NOS. The average molecular weight is 253 g/mol. The average Bonchev–Trinajstić information content (AvgIpc) is 2.34. The van der Waals surface area contributed by atoms with Crippen molar-refractivity contribution < 1.29 is 5.11 Å². The van der Waals surface area contributed by atoms with Crippen LogP contribution in [0.5, 0.6) is 0 Å². The van der Waals surface area contributed by atoms with Crippen LogP contribution in [0.15, 0.2) is 24.3 Å². The number of hydrogen-bond donors (Lipinski definition) is 2. The molecule has 0 aliphatic rings. The van der Waals surface area contributed by atoms with E-state index in [1.165, 1.54) is 11.1 Å². The molecule has 0 fully saturated rings. The van der Waals surface area contributed by atoms with Gasteiger partial charge in [0.15, 0.2) is 0 Å². The Morgan fingerprint density at radius 1 is 1.41 bits per heavy atom. The summed E-state index contributed by atoms with van der Waals surface area (Å²) in [5.41, 5.74) is 8.78. The van der Waals surface area contributed by atoms with Crippen molar-refractivity contribution >= 4 is 11.8 Å². The van der Waals surface area contributed by atoms with E-state index in [0.29, 0.717) is 5.25 Å². The van der Waals surface area contributed by atoms with E-state index in [2.05, 4.69) is 38.1 Å². The SMILES string of the molecule is CCC(N)C(SCCCO)c1cccc(C)c1. The number of thioether (sulfide) groups is 1. The molecule has 2 unspecified atom stereocenters. The van der Waals surface area contributed by atoms with E-state index < -0.39 is 0 Å². The van der Waals surface area contributed by atoms with Gasteiger partial charge in [0.25, 0.3) is 0 Å². The van der Waals surface area contributed by atoms with Crippen LogP contribution in [-0.4, -0.2) is 23.5 Å². The van der Waals surface area contributed by atoms with Crippen LogP contribution in [0.1, 0.15) is 36.1 Å². The fourth-order valence-corrected chi connectivity index (χ4v) is 3.13. The summed E-state index contributed by atoms with van der Waals surface area (Å²) in [4.78, 5) is 0. The zero-order chi connectivity index (χ0) is 12.7. The molecule has 1 aromatic carbocycles. The molecule has 2 nitrogen and oxygen atoms in total. The van der Waals surface area contributed by atoms with Crippen molar-refractivity contribution in [3.05, 3.63) is 35.4 Å². The number of aliphatic hydroxyl groups excluding tert-OH is 1. The molecule has 17 heavy (non-hydrogen) atoms. The minimum absolute atomic E-state index is 0.181. The molecule has 2 atom stereocenters. The molecule has 3 heteroatoms. The van der Waals surface area contributed by atoms with Crippen molar-refractivity contribution in [2.75, 3.05) is 12.4 Å². The van der Waals surface area contributed by atoms with Gasteiger partial charge in [-0.3, -0.25) is 0 Å². The fourth-order valence-electron chi connectivity index (χ4n) is 1.80. The summed E-state index contributed by atoms with van der Waals surface area (Å²) in [6.07, 6.45) is 1.81. The molecule has 0 aliphatic heterocycles. The van der Waals surface area contributed by atoms with Gasteiger partial charge in [0, 0.05) is 17.9 Å². The van der Waals surface area contributed by atoms with Crippen molar-refractivity contribution in [1.82, 2.24) is 0 Å². The first-order valence-electron chi connectivity index (χ1n) is 6.23. The number of benzene rings is 1. The zero-order valence-electron chi connectivity index (χ0n) is 10.7. The van der Waals surface area contributed by atoms with E-state index in [0.717, 1.165) is 18.6 Å². The highest BCUT2D eigenvalue weighted by atomic mass is 32.2. The van der Waals surface area contributed by atoms with Crippen LogP contribution in [0.2, 0.25) is 0 Å². The largest absolute Gasteiger partial charge is 0.396 e. The molecule has 0 bridgehead atoms. The Morgan fingerprint density at radius 2 is 2.18 bits per heavy atom. The topological polar surface area (TPSA) is 46.2 Å². The van der Waals surface area contributed by atoms with Crippen LogP contribution < -0.4 is 5.73 Å².